The van der Waals surface area contributed by atoms with Crippen molar-refractivity contribution in [2.45, 2.75) is 269 Å². The van der Waals surface area contributed by atoms with Gasteiger partial charge in [0.25, 0.3) is 10.9 Å². The molecule has 5 rings (SSSR count). The summed E-state index contributed by atoms with van der Waals surface area (Å²) in [5.41, 5.74) is 0.650. The third-order valence-electron chi connectivity index (χ3n) is 10.6. The Labute approximate surface area is 447 Å². The zero-order chi connectivity index (χ0) is 58.4. The lowest BCUT2D eigenvalue weighted by molar-refractivity contribution is 0.314. The Morgan fingerprint density at radius 2 is 0.892 bits per heavy atom. The van der Waals surface area contributed by atoms with Crippen LogP contribution in [0.1, 0.15) is 255 Å². The lowest BCUT2D eigenvalue weighted by Gasteiger charge is -2.40. The summed E-state index contributed by atoms with van der Waals surface area (Å²) in [6, 6.07) is 0. The fourth-order valence-electron chi connectivity index (χ4n) is 5.89. The zero-order valence-electron chi connectivity index (χ0n) is 52.7. The Kier molecular flexibility index (Phi) is 21.8. The van der Waals surface area contributed by atoms with Crippen LogP contribution in [0.5, 0.6) is 0 Å². The van der Waals surface area contributed by atoms with E-state index in [4.69, 9.17) is 13.5 Å². The predicted molar refractivity (Wildman–Crippen MR) is 304 cm³/mol. The maximum absolute atomic E-state index is 12.1. The summed E-state index contributed by atoms with van der Waals surface area (Å²) in [6.45, 7) is 63.9. The molecule has 4 heterocycles. The van der Waals surface area contributed by atoms with Crippen LogP contribution in [0, 0.1) is 0 Å². The van der Waals surface area contributed by atoms with Gasteiger partial charge in [0.1, 0.15) is 11.4 Å². The highest BCUT2D eigenvalue weighted by Gasteiger charge is 2.34. The number of anilines is 2. The normalized spacial score (nSPS) is 13.3. The van der Waals surface area contributed by atoms with Crippen molar-refractivity contribution in [3.05, 3.63) is 67.5 Å². The van der Waals surface area contributed by atoms with E-state index in [0.717, 1.165) is 36.9 Å². The van der Waals surface area contributed by atoms with E-state index in [1.807, 2.05) is 45.7 Å². The van der Waals surface area contributed by atoms with Crippen molar-refractivity contribution in [3.8, 4) is 0 Å². The largest absolute Gasteiger partial charge is 0.424 e. The van der Waals surface area contributed by atoms with Gasteiger partial charge in [0.2, 0.25) is 23.6 Å². The van der Waals surface area contributed by atoms with Crippen molar-refractivity contribution in [1.82, 2.24) is 50.4 Å². The van der Waals surface area contributed by atoms with Crippen LogP contribution in [0.4, 0.5) is 11.4 Å². The van der Waals surface area contributed by atoms with E-state index < -0.39 is 5.43 Å². The van der Waals surface area contributed by atoms with Gasteiger partial charge in [0.05, 0.1) is 11.2 Å². The van der Waals surface area contributed by atoms with Crippen LogP contribution in [0.15, 0.2) is 29.2 Å². The number of hydrogen-bond acceptors (Lipinski definition) is 16. The van der Waals surface area contributed by atoms with Crippen LogP contribution in [0.3, 0.4) is 0 Å². The minimum Gasteiger partial charge on any atom is -0.424 e. The van der Waals surface area contributed by atoms with Gasteiger partial charge in [-0.15, -0.1) is 15.3 Å². The molecule has 422 valence electrons. The average Bonchev–Trinajstić information content (AvgIpc) is 4.01. The van der Waals surface area contributed by atoms with Gasteiger partial charge in [-0.2, -0.15) is 9.97 Å². The summed E-state index contributed by atoms with van der Waals surface area (Å²) in [4.78, 5) is 37.0. The summed E-state index contributed by atoms with van der Waals surface area (Å²) in [7, 11) is 4.07. The number of rotatable bonds is 6. The second kappa shape index (κ2) is 24.0. The summed E-state index contributed by atoms with van der Waals surface area (Å²) >= 11 is 0. The van der Waals surface area contributed by atoms with Gasteiger partial charge in [0, 0.05) is 61.7 Å². The van der Waals surface area contributed by atoms with Gasteiger partial charge < -0.3 is 28.6 Å². The highest BCUT2D eigenvalue weighted by molar-refractivity contribution is 5.76. The molecule has 74 heavy (non-hydrogen) atoms. The summed E-state index contributed by atoms with van der Waals surface area (Å²) in [5.74, 6) is 4.37. The fourth-order valence-corrected chi connectivity index (χ4v) is 5.89. The molecule has 0 spiro atoms. The molecule has 0 atom stereocenters. The first-order chi connectivity index (χ1) is 32.7. The lowest BCUT2D eigenvalue weighted by atomic mass is 9.93. The molecule has 0 aliphatic carbocycles. The molecular formula is C57H104N12O5. The van der Waals surface area contributed by atoms with E-state index in [2.05, 4.69) is 243 Å². The molecule has 0 aliphatic rings. The standard InChI is InChI=1S/C17H31N3O2.C10H19N3.3C10H18N2O/c1-16(2,3)18-12-13(15(22)14(12)21)20(17(4,5)6)11-9-10-19(7)8;1-9(2,3)8-7-13(12-11-8)10(4,5)6;1-9(2,3)7-11-12-8(13-7)10(4,5)6;2*1-9(2,3)7-11-8(13-12-7)10(4,5)6/h18H,9-11H2,1-8H3;7H,1-6H3;3*1-6H3. The van der Waals surface area contributed by atoms with Crippen LogP contribution in [-0.4, -0.2) is 88.6 Å². The van der Waals surface area contributed by atoms with Gasteiger partial charge >= 0.3 is 0 Å². The topological polar surface area (TPSA) is 200 Å². The maximum Gasteiger partial charge on any atom is 0.253 e. The minimum absolute atomic E-state index is 0.0243. The molecule has 1 aromatic carbocycles. The van der Waals surface area contributed by atoms with Gasteiger partial charge in [-0.1, -0.05) is 161 Å². The van der Waals surface area contributed by atoms with Crippen molar-refractivity contribution in [2.24, 2.45) is 0 Å². The zero-order valence-corrected chi connectivity index (χ0v) is 52.7. The van der Waals surface area contributed by atoms with Gasteiger partial charge in [-0.25, -0.2) is 4.68 Å². The first-order valence-electron chi connectivity index (χ1n) is 26.2. The molecule has 0 saturated carbocycles. The van der Waals surface area contributed by atoms with Crippen molar-refractivity contribution in [1.29, 1.82) is 0 Å². The number of nitrogens with zero attached hydrogens (tertiary/aromatic N) is 11. The monoisotopic (exact) mass is 1040 g/mol. The second-order valence-electron chi connectivity index (χ2n) is 30.0. The molecule has 4 aromatic heterocycles. The Hall–Kier alpha value is -4.80. The van der Waals surface area contributed by atoms with E-state index in [1.165, 1.54) is 0 Å². The molecular weight excluding hydrogens is 933 g/mol. The second-order valence-corrected chi connectivity index (χ2v) is 30.0. The molecule has 17 nitrogen and oxygen atoms in total. The highest BCUT2D eigenvalue weighted by atomic mass is 16.5. The molecule has 0 radical (unpaired) electrons. The highest BCUT2D eigenvalue weighted by Crippen LogP contribution is 2.31. The SMILES string of the molecule is CC(C)(C)c1cn(C(C)(C)C)nn1.CC(C)(C)c1nnc(C(C)(C)C)o1.CC(C)(C)c1noc(C(C)(C)C)n1.CC(C)(C)c1noc(C(C)(C)C)n1.CN(C)CCCN(c1c(NC(C)(C)C)c(=O)c1=O)C(C)(C)C. The van der Waals surface area contributed by atoms with Gasteiger partial charge in [-0.3, -0.25) is 9.59 Å². The molecule has 0 aliphatic heterocycles. The quantitative estimate of drug-likeness (QED) is 0.157. The molecule has 5 aromatic rings. The van der Waals surface area contributed by atoms with E-state index in [-0.39, 0.29) is 60.0 Å². The van der Waals surface area contributed by atoms with Crippen LogP contribution in [-0.2, 0) is 43.4 Å². The van der Waals surface area contributed by atoms with Crippen LogP contribution < -0.4 is 21.1 Å². The molecule has 0 unspecified atom stereocenters. The van der Waals surface area contributed by atoms with Crippen LogP contribution in [0.25, 0.3) is 0 Å². The maximum atomic E-state index is 12.1. The van der Waals surface area contributed by atoms with Crippen LogP contribution in [0.2, 0.25) is 0 Å². The van der Waals surface area contributed by atoms with Crippen molar-refractivity contribution >= 4 is 11.4 Å². The minimum atomic E-state index is -0.396. The molecule has 0 fully saturated rings. The molecule has 17 heteroatoms. The Balaban J connectivity index is 0.000000472. The molecule has 0 amide bonds. The summed E-state index contributed by atoms with van der Waals surface area (Å²) in [6.07, 6.45) is 2.97. The fraction of sp³-hybridized carbons (Fsp3) is 0.789. The molecule has 1 N–H and O–H groups in total. The van der Waals surface area contributed by atoms with Crippen LogP contribution >= 0.6 is 0 Å². The Morgan fingerprint density at radius 3 is 1.12 bits per heavy atom. The Bertz CT molecular complexity index is 2170. The number of nitrogens with one attached hydrogen (secondary N) is 1. The first kappa shape index (κ1) is 67.2. The predicted octanol–water partition coefficient (Wildman–Crippen LogP) is 12.4. The van der Waals surface area contributed by atoms with Crippen molar-refractivity contribution in [3.63, 3.8) is 0 Å². The summed E-state index contributed by atoms with van der Waals surface area (Å²) < 4.78 is 17.9. The van der Waals surface area contributed by atoms with Gasteiger partial charge in [-0.05, 0) is 89.4 Å². The number of aromatic nitrogens is 9. The number of hydrogen-bond donors (Lipinski definition) is 1. The van der Waals surface area contributed by atoms with E-state index in [9.17, 15) is 9.59 Å². The average molecular weight is 1040 g/mol. The van der Waals surface area contributed by atoms with Gasteiger partial charge in [0.15, 0.2) is 11.6 Å². The van der Waals surface area contributed by atoms with E-state index in [0.29, 0.717) is 34.9 Å². The van der Waals surface area contributed by atoms with Crippen molar-refractivity contribution in [2.75, 3.05) is 37.4 Å². The third-order valence-corrected chi connectivity index (χ3v) is 10.6. The lowest BCUT2D eigenvalue weighted by Crippen LogP contribution is -2.52. The van der Waals surface area contributed by atoms with Crippen molar-refractivity contribution < 1.29 is 13.5 Å². The smallest absolute Gasteiger partial charge is 0.253 e. The van der Waals surface area contributed by atoms with E-state index >= 15 is 0 Å². The third kappa shape index (κ3) is 21.8. The molecule has 0 bridgehead atoms. The summed E-state index contributed by atoms with van der Waals surface area (Å²) in [5, 5.41) is 27.5. The Morgan fingerprint density at radius 1 is 0.500 bits per heavy atom. The van der Waals surface area contributed by atoms with E-state index in [1.54, 1.807) is 0 Å². The first-order valence-corrected chi connectivity index (χ1v) is 26.2. The molecule has 0 saturated heterocycles.